The fourth-order valence-electron chi connectivity index (χ4n) is 2.51. The Hall–Kier alpha value is -1.87. The average molecular weight is 407 g/mol. The first-order chi connectivity index (χ1) is 12.5. The lowest BCUT2D eigenvalue weighted by Gasteiger charge is -2.14. The predicted molar refractivity (Wildman–Crippen MR) is 111 cm³/mol. The Morgan fingerprint density at radius 3 is 2.46 bits per heavy atom. The molecular weight excluding hydrogens is 389 g/mol. The summed E-state index contributed by atoms with van der Waals surface area (Å²) in [6.07, 6.45) is 0. The summed E-state index contributed by atoms with van der Waals surface area (Å²) in [6, 6.07) is 19.1. The Kier molecular flexibility index (Phi) is 6.31. The molecule has 0 fully saturated rings. The van der Waals surface area contributed by atoms with Crippen molar-refractivity contribution in [3.8, 4) is 5.75 Å². The number of nitrogens with one attached hydrogen (secondary N) is 1. The second-order valence-electron chi connectivity index (χ2n) is 5.99. The van der Waals surface area contributed by atoms with Gasteiger partial charge in [0.2, 0.25) is 0 Å². The van der Waals surface area contributed by atoms with Crippen molar-refractivity contribution < 1.29 is 4.74 Å². The zero-order valence-corrected chi connectivity index (χ0v) is 16.5. The van der Waals surface area contributed by atoms with Crippen LogP contribution in [0.2, 0.25) is 15.1 Å². The molecule has 0 spiro atoms. The molecule has 0 unspecified atom stereocenters. The highest BCUT2D eigenvalue weighted by Crippen LogP contribution is 2.26. The van der Waals surface area contributed by atoms with E-state index in [0.717, 1.165) is 33.1 Å². The largest absolute Gasteiger partial charge is 0.489 e. The number of rotatable bonds is 6. The molecule has 0 amide bonds. The van der Waals surface area contributed by atoms with E-state index in [0.29, 0.717) is 23.2 Å². The number of halogens is 3. The van der Waals surface area contributed by atoms with E-state index in [1.54, 1.807) is 0 Å². The highest BCUT2D eigenvalue weighted by Gasteiger charge is 2.07. The predicted octanol–water partition coefficient (Wildman–Crippen LogP) is 7.15. The van der Waals surface area contributed by atoms with Gasteiger partial charge in [-0.25, -0.2) is 0 Å². The summed E-state index contributed by atoms with van der Waals surface area (Å²) in [4.78, 5) is 0. The number of aryl methyl sites for hydroxylation is 1. The minimum absolute atomic E-state index is 0.436. The van der Waals surface area contributed by atoms with Crippen LogP contribution in [0.3, 0.4) is 0 Å². The molecule has 0 aliphatic carbocycles. The molecule has 3 aromatic rings. The molecular formula is C21H18Cl3NO. The normalized spacial score (nSPS) is 10.6. The summed E-state index contributed by atoms with van der Waals surface area (Å²) in [5, 5.41) is 5.45. The first kappa shape index (κ1) is 18.9. The maximum Gasteiger partial charge on any atom is 0.124 e. The zero-order chi connectivity index (χ0) is 18.5. The van der Waals surface area contributed by atoms with Crippen LogP contribution in [-0.4, -0.2) is 0 Å². The second kappa shape index (κ2) is 8.68. The van der Waals surface area contributed by atoms with Crippen molar-refractivity contribution in [1.29, 1.82) is 0 Å². The van der Waals surface area contributed by atoms with E-state index >= 15 is 0 Å². The van der Waals surface area contributed by atoms with E-state index in [1.165, 1.54) is 0 Å². The molecule has 3 aromatic carbocycles. The standard InChI is InChI=1S/C21H18Cl3NO/c1-14-5-7-19(11-20(14)24)25-12-16-10-18(23)6-8-21(16)26-13-15-3-2-4-17(22)9-15/h2-11,25H,12-13H2,1H3. The highest BCUT2D eigenvalue weighted by molar-refractivity contribution is 6.31. The van der Waals surface area contributed by atoms with Crippen molar-refractivity contribution in [3.63, 3.8) is 0 Å². The van der Waals surface area contributed by atoms with Crippen LogP contribution in [0.1, 0.15) is 16.7 Å². The van der Waals surface area contributed by atoms with Crippen LogP contribution in [-0.2, 0) is 13.2 Å². The zero-order valence-electron chi connectivity index (χ0n) is 14.2. The Bertz CT molecular complexity index is 912. The van der Waals surface area contributed by atoms with Crippen molar-refractivity contribution in [3.05, 3.63) is 92.4 Å². The summed E-state index contributed by atoms with van der Waals surface area (Å²) >= 11 is 18.4. The van der Waals surface area contributed by atoms with Gasteiger partial charge in [-0.2, -0.15) is 0 Å². The minimum atomic E-state index is 0.436. The lowest BCUT2D eigenvalue weighted by Crippen LogP contribution is -2.04. The highest BCUT2D eigenvalue weighted by atomic mass is 35.5. The summed E-state index contributed by atoms with van der Waals surface area (Å²) in [6.45, 7) is 2.99. The van der Waals surface area contributed by atoms with Crippen LogP contribution in [0, 0.1) is 6.92 Å². The van der Waals surface area contributed by atoms with Crippen LogP contribution in [0.15, 0.2) is 60.7 Å². The van der Waals surface area contributed by atoms with E-state index in [2.05, 4.69) is 5.32 Å². The van der Waals surface area contributed by atoms with Gasteiger partial charge in [0.1, 0.15) is 12.4 Å². The van der Waals surface area contributed by atoms with E-state index in [1.807, 2.05) is 67.6 Å². The molecule has 0 aliphatic heterocycles. The molecule has 5 heteroatoms. The van der Waals surface area contributed by atoms with Crippen LogP contribution < -0.4 is 10.1 Å². The van der Waals surface area contributed by atoms with Crippen molar-refractivity contribution in [1.82, 2.24) is 0 Å². The molecule has 0 bridgehead atoms. The summed E-state index contributed by atoms with van der Waals surface area (Å²) in [5.74, 6) is 0.778. The second-order valence-corrected chi connectivity index (χ2v) is 7.27. The number of benzene rings is 3. The van der Waals surface area contributed by atoms with Gasteiger partial charge in [-0.05, 0) is 60.5 Å². The average Bonchev–Trinajstić information content (AvgIpc) is 2.62. The molecule has 0 atom stereocenters. The summed E-state index contributed by atoms with van der Waals surface area (Å²) in [7, 11) is 0. The van der Waals surface area contributed by atoms with Crippen molar-refractivity contribution in [2.75, 3.05) is 5.32 Å². The molecule has 0 saturated heterocycles. The third-order valence-corrected chi connectivity index (χ3v) is 4.84. The van der Waals surface area contributed by atoms with Gasteiger partial charge < -0.3 is 10.1 Å². The quantitative estimate of drug-likeness (QED) is 0.469. The molecule has 26 heavy (non-hydrogen) atoms. The fourth-order valence-corrected chi connectivity index (χ4v) is 3.10. The van der Waals surface area contributed by atoms with Gasteiger partial charge in [-0.15, -0.1) is 0 Å². The lowest BCUT2D eigenvalue weighted by atomic mass is 10.1. The monoisotopic (exact) mass is 405 g/mol. The summed E-state index contributed by atoms with van der Waals surface area (Å²) in [5.41, 5.74) is 3.97. The van der Waals surface area contributed by atoms with Crippen LogP contribution in [0.4, 0.5) is 5.69 Å². The maximum atomic E-state index is 6.19. The molecule has 134 valence electrons. The van der Waals surface area contributed by atoms with Crippen molar-refractivity contribution in [2.24, 2.45) is 0 Å². The molecule has 3 rings (SSSR count). The van der Waals surface area contributed by atoms with E-state index in [9.17, 15) is 0 Å². The van der Waals surface area contributed by atoms with Gasteiger partial charge in [-0.1, -0.05) is 53.0 Å². The number of anilines is 1. The number of hydrogen-bond donors (Lipinski definition) is 1. The van der Waals surface area contributed by atoms with Crippen LogP contribution in [0.5, 0.6) is 5.75 Å². The minimum Gasteiger partial charge on any atom is -0.489 e. The topological polar surface area (TPSA) is 21.3 Å². The molecule has 0 heterocycles. The lowest BCUT2D eigenvalue weighted by molar-refractivity contribution is 0.303. The number of ether oxygens (including phenoxy) is 1. The number of hydrogen-bond acceptors (Lipinski definition) is 2. The summed E-state index contributed by atoms with van der Waals surface area (Å²) < 4.78 is 5.98. The van der Waals surface area contributed by atoms with Crippen molar-refractivity contribution in [2.45, 2.75) is 20.1 Å². The molecule has 2 nitrogen and oxygen atoms in total. The first-order valence-electron chi connectivity index (χ1n) is 8.17. The SMILES string of the molecule is Cc1ccc(NCc2cc(Cl)ccc2OCc2cccc(Cl)c2)cc1Cl. The molecule has 0 aliphatic rings. The third-order valence-electron chi connectivity index (χ3n) is 3.96. The van der Waals surface area contributed by atoms with E-state index in [-0.39, 0.29) is 0 Å². The maximum absolute atomic E-state index is 6.19. The molecule has 0 radical (unpaired) electrons. The Morgan fingerprint density at radius 1 is 0.885 bits per heavy atom. The third kappa shape index (κ3) is 5.07. The van der Waals surface area contributed by atoms with Crippen molar-refractivity contribution >= 4 is 40.5 Å². The first-order valence-corrected chi connectivity index (χ1v) is 9.30. The Balaban J connectivity index is 1.71. The van der Waals surface area contributed by atoms with Gasteiger partial charge in [0.25, 0.3) is 0 Å². The van der Waals surface area contributed by atoms with Crippen LogP contribution >= 0.6 is 34.8 Å². The smallest absolute Gasteiger partial charge is 0.124 e. The van der Waals surface area contributed by atoms with Gasteiger partial charge in [-0.3, -0.25) is 0 Å². The molecule has 0 aromatic heterocycles. The fraction of sp³-hybridized carbons (Fsp3) is 0.143. The Labute approximate surface area is 168 Å². The van der Waals surface area contributed by atoms with Gasteiger partial charge in [0.05, 0.1) is 0 Å². The Morgan fingerprint density at radius 2 is 1.69 bits per heavy atom. The van der Waals surface area contributed by atoms with Crippen LogP contribution in [0.25, 0.3) is 0 Å². The van der Waals surface area contributed by atoms with Gasteiger partial charge >= 0.3 is 0 Å². The molecule has 1 N–H and O–H groups in total. The molecule has 0 saturated carbocycles. The van der Waals surface area contributed by atoms with E-state index < -0.39 is 0 Å². The van der Waals surface area contributed by atoms with E-state index in [4.69, 9.17) is 39.5 Å². The van der Waals surface area contributed by atoms with Gasteiger partial charge in [0, 0.05) is 32.9 Å². The van der Waals surface area contributed by atoms with Gasteiger partial charge in [0.15, 0.2) is 0 Å².